The van der Waals surface area contributed by atoms with Gasteiger partial charge in [-0.1, -0.05) is 0 Å². The number of nitrogens with one attached hydrogen (secondary N) is 1. The Kier molecular flexibility index (Phi) is 4.21. The Morgan fingerprint density at radius 3 is 2.67 bits per heavy atom. The molecule has 1 aromatic heterocycles. The van der Waals surface area contributed by atoms with Crippen molar-refractivity contribution in [3.8, 4) is 0 Å². The van der Waals surface area contributed by atoms with Gasteiger partial charge in [0.2, 0.25) is 0 Å². The second-order valence-electron chi connectivity index (χ2n) is 3.28. The molecule has 1 aromatic rings. The number of hydrogen-bond donors (Lipinski definition) is 1. The highest BCUT2D eigenvalue weighted by molar-refractivity contribution is 7.87. The van der Waals surface area contributed by atoms with Crippen LogP contribution in [0.5, 0.6) is 0 Å². The quantitative estimate of drug-likeness (QED) is 0.821. The van der Waals surface area contributed by atoms with E-state index in [2.05, 4.69) is 9.71 Å². The predicted molar refractivity (Wildman–Crippen MR) is 61.2 cm³/mol. The van der Waals surface area contributed by atoms with Gasteiger partial charge in [-0.25, -0.2) is 9.71 Å². The van der Waals surface area contributed by atoms with Crippen LogP contribution in [0.3, 0.4) is 0 Å². The first-order valence-corrected chi connectivity index (χ1v) is 6.76. The van der Waals surface area contributed by atoms with Crippen LogP contribution in [0.2, 0.25) is 0 Å². The van der Waals surface area contributed by atoms with Crippen molar-refractivity contribution < 1.29 is 8.42 Å². The summed E-state index contributed by atoms with van der Waals surface area (Å²) in [6.45, 7) is 2.33. The Bertz CT molecular complexity index is 411. The van der Waals surface area contributed by atoms with E-state index in [1.165, 1.54) is 14.1 Å². The number of rotatable bonds is 5. The molecule has 0 aliphatic rings. The van der Waals surface area contributed by atoms with Gasteiger partial charge in [-0.05, 0) is 13.3 Å². The summed E-state index contributed by atoms with van der Waals surface area (Å²) in [5.74, 6) is 0. The smallest absolute Gasteiger partial charge is 0.250 e. The maximum atomic E-state index is 11.3. The highest BCUT2D eigenvalue weighted by Crippen LogP contribution is 2.11. The number of aryl methyl sites for hydroxylation is 1. The molecule has 0 amide bonds. The van der Waals surface area contributed by atoms with Crippen molar-refractivity contribution in [2.45, 2.75) is 13.3 Å². The van der Waals surface area contributed by atoms with Gasteiger partial charge in [-0.15, -0.1) is 11.3 Å². The molecule has 5 nitrogen and oxygen atoms in total. The summed E-state index contributed by atoms with van der Waals surface area (Å²) in [4.78, 5) is 5.19. The summed E-state index contributed by atoms with van der Waals surface area (Å²) < 4.78 is 26.3. The largest absolute Gasteiger partial charge is 0.278 e. The third-order valence-corrected chi connectivity index (χ3v) is 4.31. The molecule has 7 heteroatoms. The molecule has 0 unspecified atom stereocenters. The summed E-state index contributed by atoms with van der Waals surface area (Å²) in [6.07, 6.45) is 2.46. The average Bonchev–Trinajstić information content (AvgIpc) is 2.51. The standard InChI is InChI=1S/C8H15N3O2S2/c1-7-9-6-8(14-7)4-5-10-15(12,13)11(2)3/h6,10H,4-5H2,1-3H3. The van der Waals surface area contributed by atoms with Crippen molar-refractivity contribution in [1.82, 2.24) is 14.0 Å². The highest BCUT2D eigenvalue weighted by atomic mass is 32.2. The number of thiazole rings is 1. The Labute approximate surface area is 94.3 Å². The van der Waals surface area contributed by atoms with E-state index in [1.54, 1.807) is 17.5 Å². The third-order valence-electron chi connectivity index (χ3n) is 1.81. The Morgan fingerprint density at radius 1 is 1.53 bits per heavy atom. The minimum atomic E-state index is -3.29. The molecule has 1 rings (SSSR count). The van der Waals surface area contributed by atoms with Gasteiger partial charge in [0.25, 0.3) is 10.2 Å². The van der Waals surface area contributed by atoms with E-state index in [0.717, 1.165) is 14.2 Å². The fraction of sp³-hybridized carbons (Fsp3) is 0.625. The van der Waals surface area contributed by atoms with Gasteiger partial charge < -0.3 is 0 Å². The van der Waals surface area contributed by atoms with Gasteiger partial charge in [0.1, 0.15) is 0 Å². The molecule has 15 heavy (non-hydrogen) atoms. The Morgan fingerprint density at radius 2 is 2.20 bits per heavy atom. The van der Waals surface area contributed by atoms with Crippen LogP contribution < -0.4 is 4.72 Å². The molecule has 86 valence electrons. The fourth-order valence-electron chi connectivity index (χ4n) is 0.953. The van der Waals surface area contributed by atoms with Crippen molar-refractivity contribution in [3.05, 3.63) is 16.1 Å². The van der Waals surface area contributed by atoms with E-state index >= 15 is 0 Å². The average molecular weight is 249 g/mol. The molecule has 0 saturated carbocycles. The number of hydrogen-bond acceptors (Lipinski definition) is 4. The van der Waals surface area contributed by atoms with Gasteiger partial charge in [0, 0.05) is 31.7 Å². The second kappa shape index (κ2) is 5.02. The van der Waals surface area contributed by atoms with Crippen LogP contribution in [0.15, 0.2) is 6.20 Å². The molecular weight excluding hydrogens is 234 g/mol. The van der Waals surface area contributed by atoms with Crippen LogP contribution in [-0.2, 0) is 16.6 Å². The first-order chi connectivity index (χ1) is 6.92. The van der Waals surface area contributed by atoms with Crippen molar-refractivity contribution in [2.75, 3.05) is 20.6 Å². The first-order valence-electron chi connectivity index (χ1n) is 4.50. The zero-order valence-corrected chi connectivity index (χ0v) is 10.7. The summed E-state index contributed by atoms with van der Waals surface area (Å²) in [5.41, 5.74) is 0. The van der Waals surface area contributed by atoms with Crippen molar-refractivity contribution in [3.63, 3.8) is 0 Å². The van der Waals surface area contributed by atoms with Gasteiger partial charge >= 0.3 is 0 Å². The van der Waals surface area contributed by atoms with Crippen molar-refractivity contribution in [2.24, 2.45) is 0 Å². The molecule has 0 aliphatic carbocycles. The molecule has 1 heterocycles. The number of aromatic nitrogens is 1. The summed E-state index contributed by atoms with van der Waals surface area (Å²) >= 11 is 1.59. The Balaban J connectivity index is 2.40. The van der Waals surface area contributed by atoms with Gasteiger partial charge in [-0.3, -0.25) is 0 Å². The topological polar surface area (TPSA) is 62.3 Å². The van der Waals surface area contributed by atoms with Gasteiger partial charge in [-0.2, -0.15) is 12.7 Å². The molecule has 0 aromatic carbocycles. The Hall–Kier alpha value is -0.500. The minimum Gasteiger partial charge on any atom is -0.250 e. The molecule has 0 bridgehead atoms. The molecule has 0 fully saturated rings. The first kappa shape index (κ1) is 12.6. The van der Waals surface area contributed by atoms with Gasteiger partial charge in [0.05, 0.1) is 5.01 Å². The van der Waals surface area contributed by atoms with E-state index in [4.69, 9.17) is 0 Å². The monoisotopic (exact) mass is 249 g/mol. The molecule has 0 saturated heterocycles. The summed E-state index contributed by atoms with van der Waals surface area (Å²) in [6, 6.07) is 0. The van der Waals surface area contributed by atoms with E-state index in [-0.39, 0.29) is 0 Å². The lowest BCUT2D eigenvalue weighted by Gasteiger charge is -2.11. The van der Waals surface area contributed by atoms with Crippen LogP contribution in [0.1, 0.15) is 9.88 Å². The molecule has 0 radical (unpaired) electrons. The summed E-state index contributed by atoms with van der Waals surface area (Å²) in [7, 11) is -0.296. The highest BCUT2D eigenvalue weighted by Gasteiger charge is 2.11. The van der Waals surface area contributed by atoms with E-state index in [9.17, 15) is 8.42 Å². The lowest BCUT2D eigenvalue weighted by molar-refractivity contribution is 0.506. The molecule has 0 atom stereocenters. The zero-order valence-electron chi connectivity index (χ0n) is 9.02. The molecule has 0 aliphatic heterocycles. The molecule has 0 spiro atoms. The predicted octanol–water partition coefficient (Wildman–Crippen LogP) is 0.390. The maximum absolute atomic E-state index is 11.3. The van der Waals surface area contributed by atoms with Crippen LogP contribution in [0, 0.1) is 6.92 Å². The van der Waals surface area contributed by atoms with E-state index in [0.29, 0.717) is 13.0 Å². The van der Waals surface area contributed by atoms with Crippen molar-refractivity contribution in [1.29, 1.82) is 0 Å². The van der Waals surface area contributed by atoms with Crippen LogP contribution in [0.25, 0.3) is 0 Å². The van der Waals surface area contributed by atoms with Gasteiger partial charge in [0.15, 0.2) is 0 Å². The molecular formula is C8H15N3O2S2. The van der Waals surface area contributed by atoms with Crippen LogP contribution in [-0.4, -0.2) is 38.3 Å². The minimum absolute atomic E-state index is 0.405. The maximum Gasteiger partial charge on any atom is 0.278 e. The summed E-state index contributed by atoms with van der Waals surface area (Å²) in [5, 5.41) is 1.00. The fourth-order valence-corrected chi connectivity index (χ4v) is 2.37. The van der Waals surface area contributed by atoms with E-state index < -0.39 is 10.2 Å². The van der Waals surface area contributed by atoms with E-state index in [1.807, 2.05) is 6.92 Å². The number of nitrogens with zero attached hydrogens (tertiary/aromatic N) is 2. The lowest BCUT2D eigenvalue weighted by atomic mass is 10.4. The third kappa shape index (κ3) is 3.86. The van der Waals surface area contributed by atoms with Crippen LogP contribution >= 0.6 is 11.3 Å². The van der Waals surface area contributed by atoms with Crippen molar-refractivity contribution >= 4 is 21.5 Å². The zero-order chi connectivity index (χ0) is 11.5. The van der Waals surface area contributed by atoms with Crippen LogP contribution in [0.4, 0.5) is 0 Å². The lowest BCUT2D eigenvalue weighted by Crippen LogP contribution is -2.36. The normalized spacial score (nSPS) is 12.3. The second-order valence-corrected chi connectivity index (χ2v) is 6.57. The molecule has 1 N–H and O–H groups in total. The SMILES string of the molecule is Cc1ncc(CCNS(=O)(=O)N(C)C)s1.